The van der Waals surface area contributed by atoms with Crippen molar-refractivity contribution in [3.05, 3.63) is 54.1 Å². The molecule has 0 aliphatic carbocycles. The molecule has 2 rings (SSSR count). The van der Waals surface area contributed by atoms with Crippen molar-refractivity contribution >= 4 is 33.3 Å². The van der Waals surface area contributed by atoms with E-state index in [2.05, 4.69) is 5.32 Å². The first-order valence-corrected chi connectivity index (χ1v) is 11.3. The Bertz CT molecular complexity index is 989. The molecule has 1 atom stereocenters. The number of nitrogens with zero attached hydrogens (tertiary/aromatic N) is 1. The fraction of sp³-hybridized carbons (Fsp3) is 0.333. The first-order chi connectivity index (χ1) is 14.2. The Balaban J connectivity index is 2.38. The van der Waals surface area contributed by atoms with Crippen LogP contribution in [0.4, 0.5) is 11.4 Å². The van der Waals surface area contributed by atoms with Gasteiger partial charge in [-0.15, -0.1) is 0 Å². The quantitative estimate of drug-likeness (QED) is 0.609. The summed E-state index contributed by atoms with van der Waals surface area (Å²) in [6, 6.07) is 11.8. The number of nitrogens with one attached hydrogen (secondary N) is 1. The van der Waals surface area contributed by atoms with Gasteiger partial charge in [-0.2, -0.15) is 0 Å². The van der Waals surface area contributed by atoms with Gasteiger partial charge in [0, 0.05) is 0 Å². The summed E-state index contributed by atoms with van der Waals surface area (Å²) in [4.78, 5) is 25.2. The summed E-state index contributed by atoms with van der Waals surface area (Å²) in [5.74, 6) is -0.569. The molecule has 162 valence electrons. The van der Waals surface area contributed by atoms with E-state index in [1.54, 1.807) is 56.3 Å². The number of esters is 1. The summed E-state index contributed by atoms with van der Waals surface area (Å²) < 4.78 is 36.3. The van der Waals surface area contributed by atoms with Gasteiger partial charge in [0.1, 0.15) is 11.8 Å². The van der Waals surface area contributed by atoms with Gasteiger partial charge < -0.3 is 14.8 Å². The second-order valence-corrected chi connectivity index (χ2v) is 8.30. The fourth-order valence-electron chi connectivity index (χ4n) is 2.98. The minimum atomic E-state index is -3.78. The zero-order chi connectivity index (χ0) is 22.3. The van der Waals surface area contributed by atoms with Gasteiger partial charge in [0.25, 0.3) is 0 Å². The van der Waals surface area contributed by atoms with E-state index in [1.807, 2.05) is 0 Å². The van der Waals surface area contributed by atoms with Crippen LogP contribution in [0.25, 0.3) is 0 Å². The number of methoxy groups -OCH3 is 1. The molecule has 0 aliphatic rings. The van der Waals surface area contributed by atoms with E-state index in [0.717, 1.165) is 10.6 Å². The molecule has 0 aliphatic heterocycles. The van der Waals surface area contributed by atoms with E-state index in [0.29, 0.717) is 11.4 Å². The Morgan fingerprint density at radius 3 is 2.23 bits per heavy atom. The molecule has 0 spiro atoms. The molecule has 0 saturated carbocycles. The van der Waals surface area contributed by atoms with E-state index in [1.165, 1.54) is 13.2 Å². The molecule has 0 bridgehead atoms. The highest BCUT2D eigenvalue weighted by Gasteiger charge is 2.32. The molecule has 0 fully saturated rings. The Morgan fingerprint density at radius 2 is 1.70 bits per heavy atom. The van der Waals surface area contributed by atoms with Gasteiger partial charge in [-0.05, 0) is 49.7 Å². The number of rotatable bonds is 9. The van der Waals surface area contributed by atoms with Crippen molar-refractivity contribution in [3.8, 4) is 5.75 Å². The van der Waals surface area contributed by atoms with Crippen molar-refractivity contribution in [3.63, 3.8) is 0 Å². The summed E-state index contributed by atoms with van der Waals surface area (Å²) in [6.07, 6.45) is 1.26. The van der Waals surface area contributed by atoms with Crippen LogP contribution < -0.4 is 14.4 Å². The number of benzene rings is 2. The summed E-state index contributed by atoms with van der Waals surface area (Å²) in [7, 11) is -2.27. The molecule has 8 nitrogen and oxygen atoms in total. The highest BCUT2D eigenvalue weighted by Crippen LogP contribution is 2.26. The van der Waals surface area contributed by atoms with Crippen LogP contribution in [0.1, 0.15) is 30.6 Å². The van der Waals surface area contributed by atoms with Gasteiger partial charge in [-0.1, -0.05) is 19.1 Å². The zero-order valence-corrected chi connectivity index (χ0v) is 18.2. The number of ether oxygens (including phenoxy) is 2. The average molecular weight is 435 g/mol. The minimum absolute atomic E-state index is 0.192. The molecule has 0 unspecified atom stereocenters. The summed E-state index contributed by atoms with van der Waals surface area (Å²) >= 11 is 0. The maximum Gasteiger partial charge on any atom is 0.340 e. The molecular formula is C21H26N2O6S. The molecule has 1 amide bonds. The van der Waals surface area contributed by atoms with Crippen LogP contribution in [0.15, 0.2) is 48.5 Å². The van der Waals surface area contributed by atoms with Crippen LogP contribution in [-0.4, -0.2) is 46.3 Å². The van der Waals surface area contributed by atoms with Crippen molar-refractivity contribution in [1.82, 2.24) is 0 Å². The third-order valence-corrected chi connectivity index (χ3v) is 5.52. The standard InChI is InChI=1S/C21H26N2O6S/c1-5-19(23(30(4,26)27)15-11-13-16(28-3)14-12-15)20(24)22-18-10-8-7-9-17(18)21(25)29-6-2/h7-14,19H,5-6H2,1-4H3,(H,22,24)/t19-/m0/s1. The number of carbonyl (C=O) groups is 2. The van der Waals surface area contributed by atoms with Crippen molar-refractivity contribution in [2.24, 2.45) is 0 Å². The number of hydrogen-bond donors (Lipinski definition) is 1. The molecule has 30 heavy (non-hydrogen) atoms. The molecule has 2 aromatic rings. The van der Waals surface area contributed by atoms with E-state index in [-0.39, 0.29) is 24.3 Å². The van der Waals surface area contributed by atoms with Gasteiger partial charge in [-0.3, -0.25) is 9.10 Å². The SMILES string of the molecule is CCOC(=O)c1ccccc1NC(=O)[C@H](CC)N(c1ccc(OC)cc1)S(C)(=O)=O. The van der Waals surface area contributed by atoms with E-state index in [4.69, 9.17) is 9.47 Å². The Kier molecular flexibility index (Phi) is 7.82. The van der Waals surface area contributed by atoms with E-state index >= 15 is 0 Å². The molecule has 0 aromatic heterocycles. The van der Waals surface area contributed by atoms with Gasteiger partial charge in [-0.25, -0.2) is 13.2 Å². The second kappa shape index (κ2) is 10.1. The molecule has 9 heteroatoms. The average Bonchev–Trinajstić information content (AvgIpc) is 2.71. The maximum atomic E-state index is 13.1. The van der Waals surface area contributed by atoms with Crippen LogP contribution in [0.2, 0.25) is 0 Å². The number of para-hydroxylation sites is 1. The highest BCUT2D eigenvalue weighted by molar-refractivity contribution is 7.92. The van der Waals surface area contributed by atoms with Crippen LogP contribution in [0.5, 0.6) is 5.75 Å². The number of anilines is 2. The topological polar surface area (TPSA) is 102 Å². The van der Waals surface area contributed by atoms with Crippen molar-refractivity contribution < 1.29 is 27.5 Å². The highest BCUT2D eigenvalue weighted by atomic mass is 32.2. The Labute approximate surface area is 176 Å². The summed E-state index contributed by atoms with van der Waals surface area (Å²) in [6.45, 7) is 3.59. The predicted molar refractivity (Wildman–Crippen MR) is 115 cm³/mol. The van der Waals surface area contributed by atoms with Crippen molar-refractivity contribution in [2.45, 2.75) is 26.3 Å². The lowest BCUT2D eigenvalue weighted by atomic mass is 10.1. The predicted octanol–water partition coefficient (Wildman–Crippen LogP) is 3.06. The smallest absolute Gasteiger partial charge is 0.340 e. The number of carbonyl (C=O) groups excluding carboxylic acids is 2. The van der Waals surface area contributed by atoms with Gasteiger partial charge in [0.05, 0.1) is 36.9 Å². The van der Waals surface area contributed by atoms with Crippen LogP contribution in [0, 0.1) is 0 Å². The lowest BCUT2D eigenvalue weighted by molar-refractivity contribution is -0.117. The second-order valence-electron chi connectivity index (χ2n) is 6.44. The Hall–Kier alpha value is -3.07. The fourth-order valence-corrected chi connectivity index (χ4v) is 4.20. The number of amides is 1. The largest absolute Gasteiger partial charge is 0.497 e. The monoisotopic (exact) mass is 434 g/mol. The molecular weight excluding hydrogens is 408 g/mol. The molecule has 0 heterocycles. The third-order valence-electron chi connectivity index (χ3n) is 4.34. The maximum absolute atomic E-state index is 13.1. The molecule has 0 radical (unpaired) electrons. The van der Waals surface area contributed by atoms with E-state index in [9.17, 15) is 18.0 Å². The molecule has 0 saturated heterocycles. The van der Waals surface area contributed by atoms with Crippen LogP contribution in [-0.2, 0) is 19.6 Å². The van der Waals surface area contributed by atoms with Gasteiger partial charge in [0.2, 0.25) is 15.9 Å². The van der Waals surface area contributed by atoms with Crippen LogP contribution >= 0.6 is 0 Å². The van der Waals surface area contributed by atoms with Crippen LogP contribution in [0.3, 0.4) is 0 Å². The third kappa shape index (κ3) is 5.50. The lowest BCUT2D eigenvalue weighted by Gasteiger charge is -2.30. The zero-order valence-electron chi connectivity index (χ0n) is 17.4. The van der Waals surface area contributed by atoms with Crippen molar-refractivity contribution in [2.75, 3.05) is 29.6 Å². The van der Waals surface area contributed by atoms with Gasteiger partial charge >= 0.3 is 5.97 Å². The minimum Gasteiger partial charge on any atom is -0.497 e. The van der Waals surface area contributed by atoms with Crippen molar-refractivity contribution in [1.29, 1.82) is 0 Å². The first-order valence-electron chi connectivity index (χ1n) is 9.43. The molecule has 2 aromatic carbocycles. The first kappa shape index (κ1) is 23.2. The van der Waals surface area contributed by atoms with E-state index < -0.39 is 27.9 Å². The number of sulfonamides is 1. The van der Waals surface area contributed by atoms with Gasteiger partial charge in [0.15, 0.2) is 0 Å². The molecule has 1 N–H and O–H groups in total. The summed E-state index contributed by atoms with van der Waals surface area (Å²) in [5, 5.41) is 2.68. The normalized spacial score (nSPS) is 12.0. The lowest BCUT2D eigenvalue weighted by Crippen LogP contribution is -2.47. The Morgan fingerprint density at radius 1 is 1.07 bits per heavy atom. The summed E-state index contributed by atoms with van der Waals surface area (Å²) in [5.41, 5.74) is 0.777. The number of hydrogen-bond acceptors (Lipinski definition) is 6.